The van der Waals surface area contributed by atoms with Gasteiger partial charge in [0.25, 0.3) is 5.91 Å². The summed E-state index contributed by atoms with van der Waals surface area (Å²) in [5.41, 5.74) is 7.53. The molecule has 0 saturated heterocycles. The molecule has 2 aliphatic rings. The molecule has 0 aliphatic heterocycles. The van der Waals surface area contributed by atoms with E-state index in [1.54, 1.807) is 36.4 Å². The van der Waals surface area contributed by atoms with Gasteiger partial charge in [0, 0.05) is 29.5 Å². The number of amides is 2. The minimum absolute atomic E-state index is 0. The molecule has 0 aromatic heterocycles. The van der Waals surface area contributed by atoms with Crippen molar-refractivity contribution in [3.63, 3.8) is 0 Å². The second-order valence-electron chi connectivity index (χ2n) is 10.8. The highest BCUT2D eigenvalue weighted by Crippen LogP contribution is 2.28. The molecule has 2 aromatic carbocycles. The zero-order valence-electron chi connectivity index (χ0n) is 22.4. The molecular formula is C31H40ClN3O4. The molecule has 2 fully saturated rings. The van der Waals surface area contributed by atoms with Crippen LogP contribution in [-0.2, 0) is 16.0 Å². The topological polar surface area (TPSA) is 118 Å². The molecule has 0 radical (unpaired) electrons. The van der Waals surface area contributed by atoms with E-state index in [0.29, 0.717) is 36.4 Å². The summed E-state index contributed by atoms with van der Waals surface area (Å²) in [7, 11) is 0. The van der Waals surface area contributed by atoms with Gasteiger partial charge in [0.1, 0.15) is 0 Å². The molecule has 4 N–H and O–H groups in total. The van der Waals surface area contributed by atoms with Crippen LogP contribution in [0.1, 0.15) is 84.1 Å². The van der Waals surface area contributed by atoms with Crippen LogP contribution >= 0.6 is 12.4 Å². The van der Waals surface area contributed by atoms with Crippen molar-refractivity contribution in [2.45, 2.75) is 76.3 Å². The lowest BCUT2D eigenvalue weighted by Crippen LogP contribution is -2.55. The average molecular weight is 554 g/mol. The number of ketones is 2. The Bertz CT molecular complexity index is 1110. The van der Waals surface area contributed by atoms with Crippen LogP contribution in [0.4, 0.5) is 0 Å². The van der Waals surface area contributed by atoms with Gasteiger partial charge in [-0.3, -0.25) is 19.2 Å². The molecule has 210 valence electrons. The smallest absolute Gasteiger partial charge is 0.250 e. The number of hydrogen-bond donors (Lipinski definition) is 3. The van der Waals surface area contributed by atoms with Crippen LogP contribution in [-0.4, -0.2) is 42.0 Å². The number of halogens is 1. The maximum absolute atomic E-state index is 13.5. The Morgan fingerprint density at radius 1 is 0.795 bits per heavy atom. The van der Waals surface area contributed by atoms with Crippen molar-refractivity contribution in [3.8, 4) is 0 Å². The van der Waals surface area contributed by atoms with Crippen LogP contribution in [0.25, 0.3) is 0 Å². The molecule has 4 rings (SSSR count). The summed E-state index contributed by atoms with van der Waals surface area (Å²) in [4.78, 5) is 52.5. The van der Waals surface area contributed by atoms with Gasteiger partial charge in [0.05, 0.1) is 0 Å². The fraction of sp³-hybridized carbons (Fsp3) is 0.484. The van der Waals surface area contributed by atoms with Gasteiger partial charge in [-0.1, -0.05) is 73.9 Å². The van der Waals surface area contributed by atoms with Crippen molar-refractivity contribution >= 4 is 35.8 Å². The fourth-order valence-corrected chi connectivity index (χ4v) is 5.57. The van der Waals surface area contributed by atoms with E-state index in [1.807, 2.05) is 18.2 Å². The molecule has 2 aromatic rings. The Morgan fingerprint density at radius 3 is 2.05 bits per heavy atom. The molecule has 0 heterocycles. The van der Waals surface area contributed by atoms with Gasteiger partial charge in [-0.05, 0) is 56.6 Å². The number of Topliss-reactive ketones (excluding diaryl/α,β-unsaturated/α-hetero) is 2. The van der Waals surface area contributed by atoms with E-state index in [0.717, 1.165) is 50.5 Å². The van der Waals surface area contributed by atoms with Crippen LogP contribution in [0.3, 0.4) is 0 Å². The summed E-state index contributed by atoms with van der Waals surface area (Å²) in [5, 5.41) is 5.80. The maximum atomic E-state index is 13.5. The predicted octanol–water partition coefficient (Wildman–Crippen LogP) is 4.42. The third-order valence-corrected chi connectivity index (χ3v) is 8.01. The lowest BCUT2D eigenvalue weighted by Gasteiger charge is -2.29. The van der Waals surface area contributed by atoms with Gasteiger partial charge in [-0.15, -0.1) is 12.4 Å². The molecule has 2 amide bonds. The van der Waals surface area contributed by atoms with Crippen molar-refractivity contribution in [1.29, 1.82) is 0 Å². The quantitative estimate of drug-likeness (QED) is 0.297. The van der Waals surface area contributed by atoms with Crippen molar-refractivity contribution in [2.24, 2.45) is 17.6 Å². The van der Waals surface area contributed by atoms with Crippen molar-refractivity contribution in [2.75, 3.05) is 6.54 Å². The summed E-state index contributed by atoms with van der Waals surface area (Å²) in [6.45, 7) is 0.617. The monoisotopic (exact) mass is 553 g/mol. The van der Waals surface area contributed by atoms with Crippen molar-refractivity contribution < 1.29 is 19.2 Å². The molecular weight excluding hydrogens is 514 g/mol. The first-order chi connectivity index (χ1) is 18.4. The summed E-state index contributed by atoms with van der Waals surface area (Å²) in [5.74, 6) is -0.938. The highest BCUT2D eigenvalue weighted by Gasteiger charge is 2.34. The number of nitrogens with two attached hydrogens (primary N) is 1. The summed E-state index contributed by atoms with van der Waals surface area (Å²) in [6.07, 6.45) is 8.40. The molecule has 39 heavy (non-hydrogen) atoms. The molecule has 0 bridgehead atoms. The highest BCUT2D eigenvalue weighted by molar-refractivity contribution is 6.15. The number of nitrogens with one attached hydrogen (secondary N) is 2. The first kappa shape index (κ1) is 30.5. The minimum Gasteiger partial charge on any atom is -0.351 e. The van der Waals surface area contributed by atoms with Gasteiger partial charge in [-0.2, -0.15) is 0 Å². The Balaban J connectivity index is 0.00000420. The zero-order chi connectivity index (χ0) is 26.9. The molecule has 7 nitrogen and oxygen atoms in total. The lowest BCUT2D eigenvalue weighted by molar-refractivity contribution is -0.131. The third kappa shape index (κ3) is 8.48. The van der Waals surface area contributed by atoms with E-state index >= 15 is 0 Å². The van der Waals surface area contributed by atoms with E-state index in [9.17, 15) is 19.2 Å². The van der Waals surface area contributed by atoms with E-state index in [2.05, 4.69) is 10.6 Å². The normalized spacial score (nSPS) is 20.2. The zero-order valence-corrected chi connectivity index (χ0v) is 23.2. The second kappa shape index (κ2) is 14.9. The predicted molar refractivity (Wildman–Crippen MR) is 154 cm³/mol. The van der Waals surface area contributed by atoms with E-state index in [-0.39, 0.29) is 42.5 Å². The van der Waals surface area contributed by atoms with Crippen LogP contribution in [0, 0.1) is 11.8 Å². The van der Waals surface area contributed by atoms with Gasteiger partial charge in [0.2, 0.25) is 5.91 Å². The molecule has 2 saturated carbocycles. The highest BCUT2D eigenvalue weighted by atomic mass is 35.5. The Kier molecular flexibility index (Phi) is 11.7. The van der Waals surface area contributed by atoms with Crippen LogP contribution in [0.5, 0.6) is 0 Å². The van der Waals surface area contributed by atoms with Crippen molar-refractivity contribution in [3.05, 3.63) is 71.3 Å². The maximum Gasteiger partial charge on any atom is 0.250 e. The lowest BCUT2D eigenvalue weighted by atomic mass is 9.81. The standard InChI is InChI=1S/C31H39N3O4.ClH/c32-20-22-13-17-25(18-14-22)30(37)34-28(31(38)33-26-9-5-2-6-10-26)29(36)24-15-11-21(12-16-24)19-27(35)23-7-3-1-4-8-23;/h1,3-4,7-8,11-12,15-16,22,25-26,28H,2,5-6,9-10,13-14,17-20,32H2,(H,33,38)(H,34,37);1H/t22-,25-,28-;/m0./s1. The summed E-state index contributed by atoms with van der Waals surface area (Å²) >= 11 is 0. The third-order valence-electron chi connectivity index (χ3n) is 8.01. The number of rotatable bonds is 10. The van der Waals surface area contributed by atoms with Gasteiger partial charge in [-0.25, -0.2) is 0 Å². The summed E-state index contributed by atoms with van der Waals surface area (Å²) in [6, 6.07) is 14.6. The largest absolute Gasteiger partial charge is 0.351 e. The summed E-state index contributed by atoms with van der Waals surface area (Å²) < 4.78 is 0. The first-order valence-electron chi connectivity index (χ1n) is 14.0. The van der Waals surface area contributed by atoms with Gasteiger partial charge < -0.3 is 16.4 Å². The Labute approximate surface area is 237 Å². The number of hydrogen-bond acceptors (Lipinski definition) is 5. The fourth-order valence-electron chi connectivity index (χ4n) is 5.57. The number of carbonyl (C=O) groups is 4. The SMILES string of the molecule is Cl.NC[C@H]1CC[C@H](C(=O)N[C@H](C(=O)NC2CCCCC2)C(=O)c2ccc(CC(=O)c3ccccc3)cc2)CC1. The molecule has 8 heteroatoms. The Hall–Kier alpha value is -3.03. The molecule has 2 aliphatic carbocycles. The van der Waals surface area contributed by atoms with Crippen molar-refractivity contribution in [1.82, 2.24) is 10.6 Å². The van der Waals surface area contributed by atoms with Crippen LogP contribution in [0.15, 0.2) is 54.6 Å². The van der Waals surface area contributed by atoms with E-state index < -0.39 is 17.7 Å². The molecule has 0 unspecified atom stereocenters. The van der Waals surface area contributed by atoms with Gasteiger partial charge >= 0.3 is 0 Å². The van der Waals surface area contributed by atoms with Gasteiger partial charge in [0.15, 0.2) is 17.6 Å². The molecule has 0 spiro atoms. The Morgan fingerprint density at radius 2 is 1.44 bits per heavy atom. The van der Waals surface area contributed by atoms with E-state index in [1.165, 1.54) is 0 Å². The number of carbonyl (C=O) groups excluding carboxylic acids is 4. The van der Waals surface area contributed by atoms with Crippen LogP contribution in [0.2, 0.25) is 0 Å². The first-order valence-corrected chi connectivity index (χ1v) is 14.0. The number of benzene rings is 2. The average Bonchev–Trinajstić information content (AvgIpc) is 2.96. The van der Waals surface area contributed by atoms with Crippen LogP contribution < -0.4 is 16.4 Å². The minimum atomic E-state index is -1.28. The molecule has 1 atom stereocenters. The second-order valence-corrected chi connectivity index (χ2v) is 10.8. The van der Waals surface area contributed by atoms with E-state index in [4.69, 9.17) is 5.73 Å².